The van der Waals surface area contributed by atoms with Crippen LogP contribution in [0.1, 0.15) is 12.5 Å². The smallest absolute Gasteiger partial charge is 0.237 e. The number of rotatable bonds is 5. The molecule has 0 saturated carbocycles. The third-order valence-electron chi connectivity index (χ3n) is 2.38. The quantitative estimate of drug-likeness (QED) is 0.853. The highest BCUT2D eigenvalue weighted by molar-refractivity contribution is 5.52. The summed E-state index contributed by atoms with van der Waals surface area (Å²) in [5.41, 5.74) is 2.16. The van der Waals surface area contributed by atoms with Gasteiger partial charge >= 0.3 is 0 Å². The molecule has 0 aliphatic carbocycles. The summed E-state index contributed by atoms with van der Waals surface area (Å²) in [6.07, 6.45) is 1.73. The molecule has 0 aliphatic heterocycles. The average Bonchev–Trinajstić information content (AvgIpc) is 2.39. The number of nitrogens with zero attached hydrogens (tertiary/aromatic N) is 1. The third-order valence-corrected chi connectivity index (χ3v) is 2.38. The van der Waals surface area contributed by atoms with Gasteiger partial charge in [-0.25, -0.2) is 4.98 Å². The molecule has 17 heavy (non-hydrogen) atoms. The Morgan fingerprint density at radius 2 is 1.94 bits per heavy atom. The van der Waals surface area contributed by atoms with Gasteiger partial charge in [-0.3, -0.25) is 0 Å². The first-order valence-corrected chi connectivity index (χ1v) is 5.75. The van der Waals surface area contributed by atoms with E-state index in [0.717, 1.165) is 12.2 Å². The topological polar surface area (TPSA) is 34.1 Å². The molecule has 0 spiro atoms. The Morgan fingerprint density at radius 1 is 1.12 bits per heavy atom. The number of aromatic nitrogens is 1. The first kappa shape index (κ1) is 11.5. The Kier molecular flexibility index (Phi) is 3.97. The lowest BCUT2D eigenvalue weighted by Gasteiger charge is -2.10. The van der Waals surface area contributed by atoms with Gasteiger partial charge in [-0.05, 0) is 24.6 Å². The number of benzene rings is 1. The summed E-state index contributed by atoms with van der Waals surface area (Å²) in [7, 11) is 0. The molecule has 0 atom stereocenters. The van der Waals surface area contributed by atoms with Crippen LogP contribution < -0.4 is 10.1 Å². The van der Waals surface area contributed by atoms with Crippen LogP contribution in [0.2, 0.25) is 0 Å². The maximum atomic E-state index is 5.45. The molecule has 88 valence electrons. The van der Waals surface area contributed by atoms with Gasteiger partial charge in [-0.15, -0.1) is 0 Å². The minimum atomic E-state index is 0.622. The molecule has 0 radical (unpaired) electrons. The highest BCUT2D eigenvalue weighted by Gasteiger charge is 2.02. The van der Waals surface area contributed by atoms with E-state index in [1.165, 1.54) is 5.56 Å². The second-order valence-electron chi connectivity index (χ2n) is 3.63. The third kappa shape index (κ3) is 3.21. The lowest BCUT2D eigenvalue weighted by molar-refractivity contribution is 0.328. The van der Waals surface area contributed by atoms with Gasteiger partial charge in [-0.2, -0.15) is 0 Å². The van der Waals surface area contributed by atoms with E-state index < -0.39 is 0 Å². The van der Waals surface area contributed by atoms with E-state index in [9.17, 15) is 0 Å². The molecular formula is C14H16N2O. The summed E-state index contributed by atoms with van der Waals surface area (Å²) in [4.78, 5) is 4.20. The maximum Gasteiger partial charge on any atom is 0.237 e. The molecule has 0 aliphatic rings. The molecule has 0 fully saturated rings. The van der Waals surface area contributed by atoms with Crippen LogP contribution in [0.3, 0.4) is 0 Å². The normalized spacial score (nSPS) is 9.94. The summed E-state index contributed by atoms with van der Waals surface area (Å²) < 4.78 is 5.45. The first-order chi connectivity index (χ1) is 8.40. The Balaban J connectivity index is 2.03. The SMILES string of the molecule is CCOc1ncccc1NCc1ccccc1. The minimum Gasteiger partial charge on any atom is -0.476 e. The van der Waals surface area contributed by atoms with Gasteiger partial charge in [0.2, 0.25) is 5.88 Å². The number of nitrogens with one attached hydrogen (secondary N) is 1. The number of pyridine rings is 1. The zero-order chi connectivity index (χ0) is 11.9. The molecule has 2 rings (SSSR count). The van der Waals surface area contributed by atoms with Gasteiger partial charge in [0.25, 0.3) is 0 Å². The van der Waals surface area contributed by atoms with E-state index in [-0.39, 0.29) is 0 Å². The second-order valence-corrected chi connectivity index (χ2v) is 3.63. The van der Waals surface area contributed by atoms with Crippen molar-refractivity contribution in [1.82, 2.24) is 4.98 Å². The predicted molar refractivity (Wildman–Crippen MR) is 69.2 cm³/mol. The molecule has 0 amide bonds. The van der Waals surface area contributed by atoms with Crippen molar-refractivity contribution in [2.45, 2.75) is 13.5 Å². The first-order valence-electron chi connectivity index (χ1n) is 5.75. The number of hydrogen-bond acceptors (Lipinski definition) is 3. The minimum absolute atomic E-state index is 0.622. The fourth-order valence-electron chi connectivity index (χ4n) is 1.57. The molecule has 1 aromatic carbocycles. The van der Waals surface area contributed by atoms with Crippen molar-refractivity contribution in [1.29, 1.82) is 0 Å². The Bertz CT molecular complexity index is 457. The van der Waals surface area contributed by atoms with Crippen molar-refractivity contribution in [2.24, 2.45) is 0 Å². The van der Waals surface area contributed by atoms with Gasteiger partial charge in [0.05, 0.1) is 12.3 Å². The highest BCUT2D eigenvalue weighted by Crippen LogP contribution is 2.21. The Labute approximate surface area is 101 Å². The van der Waals surface area contributed by atoms with Crippen molar-refractivity contribution in [3.05, 3.63) is 54.2 Å². The van der Waals surface area contributed by atoms with E-state index >= 15 is 0 Å². The van der Waals surface area contributed by atoms with Crippen LogP contribution in [-0.4, -0.2) is 11.6 Å². The summed E-state index contributed by atoms with van der Waals surface area (Å²) in [5, 5.41) is 3.33. The standard InChI is InChI=1S/C14H16N2O/c1-2-17-14-13(9-6-10-15-14)16-11-12-7-4-3-5-8-12/h3-10,16H,2,11H2,1H3. The second kappa shape index (κ2) is 5.89. The average molecular weight is 228 g/mol. The van der Waals surface area contributed by atoms with E-state index in [4.69, 9.17) is 4.74 Å². The van der Waals surface area contributed by atoms with Crippen LogP contribution >= 0.6 is 0 Å². The van der Waals surface area contributed by atoms with Crippen LogP contribution in [0.25, 0.3) is 0 Å². The lowest BCUT2D eigenvalue weighted by Crippen LogP contribution is -2.03. The van der Waals surface area contributed by atoms with Crippen LogP contribution in [0.5, 0.6) is 5.88 Å². The van der Waals surface area contributed by atoms with Crippen molar-refractivity contribution >= 4 is 5.69 Å². The fraction of sp³-hybridized carbons (Fsp3) is 0.214. The molecule has 0 saturated heterocycles. The van der Waals surface area contributed by atoms with E-state index in [0.29, 0.717) is 12.5 Å². The number of anilines is 1. The molecule has 3 heteroatoms. The number of hydrogen-bond donors (Lipinski definition) is 1. The molecule has 2 aromatic rings. The van der Waals surface area contributed by atoms with Crippen LogP contribution in [0, 0.1) is 0 Å². The van der Waals surface area contributed by atoms with Crippen molar-refractivity contribution in [3.8, 4) is 5.88 Å². The lowest BCUT2D eigenvalue weighted by atomic mass is 10.2. The summed E-state index contributed by atoms with van der Waals surface area (Å²) in [5.74, 6) is 0.658. The number of ether oxygens (including phenoxy) is 1. The van der Waals surface area contributed by atoms with Gasteiger partial charge in [0.15, 0.2) is 0 Å². The zero-order valence-corrected chi connectivity index (χ0v) is 9.89. The van der Waals surface area contributed by atoms with Crippen molar-refractivity contribution in [3.63, 3.8) is 0 Å². The maximum absolute atomic E-state index is 5.45. The van der Waals surface area contributed by atoms with Crippen LogP contribution in [-0.2, 0) is 6.54 Å². The summed E-state index contributed by atoms with van der Waals surface area (Å²) in [6, 6.07) is 14.1. The highest BCUT2D eigenvalue weighted by atomic mass is 16.5. The molecular weight excluding hydrogens is 212 g/mol. The van der Waals surface area contributed by atoms with Gasteiger partial charge in [0, 0.05) is 12.7 Å². The summed E-state index contributed by atoms with van der Waals surface area (Å²) >= 11 is 0. The molecule has 3 nitrogen and oxygen atoms in total. The van der Waals surface area contributed by atoms with E-state index in [2.05, 4.69) is 22.4 Å². The summed E-state index contributed by atoms with van der Waals surface area (Å²) in [6.45, 7) is 3.35. The van der Waals surface area contributed by atoms with E-state index in [1.54, 1.807) is 6.20 Å². The van der Waals surface area contributed by atoms with Crippen molar-refractivity contribution in [2.75, 3.05) is 11.9 Å². The van der Waals surface area contributed by atoms with Gasteiger partial charge in [0.1, 0.15) is 0 Å². The van der Waals surface area contributed by atoms with Crippen LogP contribution in [0.15, 0.2) is 48.7 Å². The largest absolute Gasteiger partial charge is 0.476 e. The fourth-order valence-corrected chi connectivity index (χ4v) is 1.57. The molecule has 1 N–H and O–H groups in total. The molecule has 0 bridgehead atoms. The van der Waals surface area contributed by atoms with Crippen molar-refractivity contribution < 1.29 is 4.74 Å². The van der Waals surface area contributed by atoms with Gasteiger partial charge < -0.3 is 10.1 Å². The van der Waals surface area contributed by atoms with Crippen LogP contribution in [0.4, 0.5) is 5.69 Å². The monoisotopic (exact) mass is 228 g/mol. The Morgan fingerprint density at radius 3 is 2.71 bits per heavy atom. The zero-order valence-electron chi connectivity index (χ0n) is 9.89. The molecule has 1 aromatic heterocycles. The van der Waals surface area contributed by atoms with Gasteiger partial charge in [-0.1, -0.05) is 30.3 Å². The molecule has 1 heterocycles. The Hall–Kier alpha value is -2.03. The molecule has 0 unspecified atom stereocenters. The predicted octanol–water partition coefficient (Wildman–Crippen LogP) is 3.09. The van der Waals surface area contributed by atoms with E-state index in [1.807, 2.05) is 37.3 Å².